The molecule has 0 amide bonds. The maximum Gasteiger partial charge on any atom is 0.278 e. The number of nitrogens with one attached hydrogen (secondary N) is 1. The van der Waals surface area contributed by atoms with Crippen molar-refractivity contribution in [3.8, 4) is 11.6 Å². The Morgan fingerprint density at radius 2 is 2.35 bits per heavy atom. The lowest BCUT2D eigenvalue weighted by molar-refractivity contribution is 0.190. The second-order valence-corrected chi connectivity index (χ2v) is 4.78. The predicted octanol–water partition coefficient (Wildman–Crippen LogP) is 1.18. The van der Waals surface area contributed by atoms with Crippen molar-refractivity contribution >= 4 is 24.0 Å². The van der Waals surface area contributed by atoms with Crippen molar-refractivity contribution in [2.24, 2.45) is 0 Å². The zero-order valence-electron chi connectivity index (χ0n) is 10.8. The summed E-state index contributed by atoms with van der Waals surface area (Å²) in [6, 6.07) is 0.104. The Morgan fingerprint density at radius 3 is 3.10 bits per heavy atom. The van der Waals surface area contributed by atoms with E-state index in [-0.39, 0.29) is 18.4 Å². The third-order valence-corrected chi connectivity index (χ3v) is 3.40. The second kappa shape index (κ2) is 6.45. The van der Waals surface area contributed by atoms with E-state index < -0.39 is 0 Å². The Morgan fingerprint density at radius 1 is 1.50 bits per heavy atom. The Balaban J connectivity index is 0.00000147. The standard InChI is InChI=1S/C11H13ClN6O.ClH/c1-18-3-2-13-5-8(18)10-16-11(19-17-10)9-7(12)4-14-6-15-9;/h4,6,8,13H,2-3,5H2,1H3;1H. The smallest absolute Gasteiger partial charge is 0.278 e. The number of aromatic nitrogens is 4. The first kappa shape index (κ1) is 15.1. The molecule has 1 saturated heterocycles. The van der Waals surface area contributed by atoms with E-state index in [0.717, 1.165) is 19.6 Å². The van der Waals surface area contributed by atoms with Gasteiger partial charge in [-0.2, -0.15) is 4.98 Å². The molecule has 2 aromatic heterocycles. The molecule has 1 aliphatic heterocycles. The molecule has 2 aromatic rings. The molecule has 108 valence electrons. The minimum absolute atomic E-state index is 0. The van der Waals surface area contributed by atoms with Gasteiger partial charge in [0.1, 0.15) is 6.33 Å². The van der Waals surface area contributed by atoms with Gasteiger partial charge in [0.25, 0.3) is 5.89 Å². The number of halogens is 2. The van der Waals surface area contributed by atoms with Gasteiger partial charge in [0.15, 0.2) is 11.5 Å². The van der Waals surface area contributed by atoms with E-state index in [4.69, 9.17) is 16.1 Å². The topological polar surface area (TPSA) is 80.0 Å². The highest BCUT2D eigenvalue weighted by molar-refractivity contribution is 6.32. The van der Waals surface area contributed by atoms with Crippen LogP contribution in [0.4, 0.5) is 0 Å². The molecule has 0 aromatic carbocycles. The normalized spacial score (nSPS) is 19.6. The summed E-state index contributed by atoms with van der Waals surface area (Å²) in [5.74, 6) is 0.959. The van der Waals surface area contributed by atoms with E-state index in [0.29, 0.717) is 22.4 Å². The Labute approximate surface area is 127 Å². The molecule has 1 unspecified atom stereocenters. The summed E-state index contributed by atoms with van der Waals surface area (Å²) in [6.45, 7) is 2.71. The van der Waals surface area contributed by atoms with Gasteiger partial charge in [0, 0.05) is 25.8 Å². The van der Waals surface area contributed by atoms with Gasteiger partial charge in [-0.05, 0) is 7.05 Å². The first-order valence-electron chi connectivity index (χ1n) is 5.96. The molecule has 9 heteroatoms. The third kappa shape index (κ3) is 2.90. The van der Waals surface area contributed by atoms with Crippen molar-refractivity contribution in [3.63, 3.8) is 0 Å². The molecule has 1 fully saturated rings. The van der Waals surface area contributed by atoms with Crippen molar-refractivity contribution in [3.05, 3.63) is 23.4 Å². The molecule has 0 spiro atoms. The highest BCUT2D eigenvalue weighted by atomic mass is 35.5. The van der Waals surface area contributed by atoms with E-state index in [1.807, 2.05) is 7.05 Å². The first-order chi connectivity index (χ1) is 9.25. The van der Waals surface area contributed by atoms with Crippen LogP contribution in [0.1, 0.15) is 11.9 Å². The van der Waals surface area contributed by atoms with Crippen molar-refractivity contribution < 1.29 is 4.52 Å². The van der Waals surface area contributed by atoms with Crippen LogP contribution in [-0.2, 0) is 0 Å². The molecular weight excluding hydrogens is 303 g/mol. The van der Waals surface area contributed by atoms with Crippen LogP contribution in [0.3, 0.4) is 0 Å². The van der Waals surface area contributed by atoms with Gasteiger partial charge in [0.05, 0.1) is 11.1 Å². The van der Waals surface area contributed by atoms with Crippen LogP contribution in [0.2, 0.25) is 5.02 Å². The highest BCUT2D eigenvalue weighted by Crippen LogP contribution is 2.25. The molecular formula is C11H14Cl2N6O. The summed E-state index contributed by atoms with van der Waals surface area (Å²) in [7, 11) is 2.04. The van der Waals surface area contributed by atoms with Gasteiger partial charge in [-0.15, -0.1) is 12.4 Å². The van der Waals surface area contributed by atoms with Crippen LogP contribution in [0.25, 0.3) is 11.6 Å². The van der Waals surface area contributed by atoms with Crippen molar-refractivity contribution in [2.75, 3.05) is 26.7 Å². The number of hydrogen-bond acceptors (Lipinski definition) is 7. The monoisotopic (exact) mass is 316 g/mol. The number of nitrogens with zero attached hydrogens (tertiary/aromatic N) is 5. The second-order valence-electron chi connectivity index (χ2n) is 4.38. The maximum atomic E-state index is 6.01. The Hall–Kier alpha value is -1.28. The van der Waals surface area contributed by atoms with Gasteiger partial charge in [-0.25, -0.2) is 9.97 Å². The van der Waals surface area contributed by atoms with Gasteiger partial charge < -0.3 is 9.84 Å². The number of likely N-dealkylation sites (N-methyl/N-ethyl adjacent to an activating group) is 1. The minimum Gasteiger partial charge on any atom is -0.332 e. The zero-order valence-corrected chi connectivity index (χ0v) is 12.4. The Bertz CT molecular complexity index is 578. The average Bonchev–Trinajstić information content (AvgIpc) is 2.89. The van der Waals surface area contributed by atoms with Crippen LogP contribution in [0.15, 0.2) is 17.0 Å². The summed E-state index contributed by atoms with van der Waals surface area (Å²) in [5, 5.41) is 7.73. The maximum absolute atomic E-state index is 6.01. The molecule has 0 aliphatic carbocycles. The summed E-state index contributed by atoms with van der Waals surface area (Å²) in [6.07, 6.45) is 2.90. The predicted molar refractivity (Wildman–Crippen MR) is 75.8 cm³/mol. The van der Waals surface area contributed by atoms with Crippen LogP contribution in [-0.4, -0.2) is 51.7 Å². The van der Waals surface area contributed by atoms with E-state index >= 15 is 0 Å². The highest BCUT2D eigenvalue weighted by Gasteiger charge is 2.26. The third-order valence-electron chi connectivity index (χ3n) is 3.12. The quantitative estimate of drug-likeness (QED) is 0.891. The lowest BCUT2D eigenvalue weighted by Gasteiger charge is -2.30. The molecule has 0 bridgehead atoms. The van der Waals surface area contributed by atoms with E-state index in [1.54, 1.807) is 0 Å². The van der Waals surface area contributed by atoms with Gasteiger partial charge in [-0.1, -0.05) is 16.8 Å². The fourth-order valence-electron chi connectivity index (χ4n) is 2.03. The summed E-state index contributed by atoms with van der Waals surface area (Å²) in [4.78, 5) is 14.5. The van der Waals surface area contributed by atoms with E-state index in [2.05, 4.69) is 30.3 Å². The molecule has 1 atom stereocenters. The van der Waals surface area contributed by atoms with Gasteiger partial charge in [0.2, 0.25) is 0 Å². The van der Waals surface area contributed by atoms with E-state index in [9.17, 15) is 0 Å². The van der Waals surface area contributed by atoms with Crippen molar-refractivity contribution in [2.45, 2.75) is 6.04 Å². The van der Waals surface area contributed by atoms with Gasteiger partial charge in [-0.3, -0.25) is 4.90 Å². The number of hydrogen-bond donors (Lipinski definition) is 1. The summed E-state index contributed by atoms with van der Waals surface area (Å²) < 4.78 is 5.24. The first-order valence-corrected chi connectivity index (χ1v) is 6.34. The molecule has 0 radical (unpaired) electrons. The zero-order chi connectivity index (χ0) is 13.2. The minimum atomic E-state index is 0. The fraction of sp³-hybridized carbons (Fsp3) is 0.455. The SMILES string of the molecule is CN1CCNCC1c1noc(-c2ncncc2Cl)n1.Cl. The molecule has 1 aliphatic rings. The molecule has 7 nitrogen and oxygen atoms in total. The molecule has 1 N–H and O–H groups in total. The molecule has 3 rings (SSSR count). The lowest BCUT2D eigenvalue weighted by Crippen LogP contribution is -2.44. The largest absolute Gasteiger partial charge is 0.332 e. The summed E-state index contributed by atoms with van der Waals surface area (Å²) in [5.41, 5.74) is 0.460. The molecule has 20 heavy (non-hydrogen) atoms. The fourth-order valence-corrected chi connectivity index (χ4v) is 2.22. The van der Waals surface area contributed by atoms with Crippen LogP contribution < -0.4 is 5.32 Å². The van der Waals surface area contributed by atoms with Crippen LogP contribution in [0, 0.1) is 0 Å². The van der Waals surface area contributed by atoms with E-state index in [1.165, 1.54) is 12.5 Å². The number of piperazine rings is 1. The van der Waals surface area contributed by atoms with Gasteiger partial charge >= 0.3 is 0 Å². The summed E-state index contributed by atoms with van der Waals surface area (Å²) >= 11 is 6.01. The van der Waals surface area contributed by atoms with Crippen LogP contribution in [0.5, 0.6) is 0 Å². The lowest BCUT2D eigenvalue weighted by atomic mass is 10.2. The van der Waals surface area contributed by atoms with Crippen LogP contribution >= 0.6 is 24.0 Å². The Kier molecular flexibility index (Phi) is 4.87. The number of rotatable bonds is 2. The molecule has 0 saturated carbocycles. The molecule has 3 heterocycles. The van der Waals surface area contributed by atoms with Crippen molar-refractivity contribution in [1.29, 1.82) is 0 Å². The van der Waals surface area contributed by atoms with Crippen molar-refractivity contribution in [1.82, 2.24) is 30.3 Å². The average molecular weight is 317 g/mol.